The molecular formula is C18H36O6. The molecule has 0 radical (unpaired) electrons. The Kier molecular flexibility index (Phi) is 11.1. The maximum absolute atomic E-state index is 9.92. The van der Waals surface area contributed by atoms with Crippen molar-refractivity contribution in [3.05, 3.63) is 0 Å². The maximum Gasteiger partial charge on any atom is 0.0542 e. The Balaban J connectivity index is 2.47. The average molecular weight is 348 g/mol. The molecule has 1 aliphatic rings. The van der Waals surface area contributed by atoms with Crippen molar-refractivity contribution in [1.82, 2.24) is 0 Å². The Bertz CT molecular complexity index is 212. The highest BCUT2D eigenvalue weighted by Crippen LogP contribution is 2.18. The molecule has 0 saturated heterocycles. The molecule has 0 atom stereocenters. The summed E-state index contributed by atoms with van der Waals surface area (Å²) >= 11 is 0. The topological polar surface area (TPSA) is 121 Å². The van der Waals surface area contributed by atoms with Gasteiger partial charge in [0.2, 0.25) is 0 Å². The molecule has 6 heteroatoms. The third kappa shape index (κ3) is 10.6. The van der Waals surface area contributed by atoms with E-state index in [2.05, 4.69) is 0 Å². The van der Waals surface area contributed by atoms with Gasteiger partial charge in [0.15, 0.2) is 0 Å². The molecule has 0 heterocycles. The van der Waals surface area contributed by atoms with Gasteiger partial charge < -0.3 is 30.6 Å². The predicted octanol–water partition coefficient (Wildman–Crippen LogP) is 0.847. The Morgan fingerprint density at radius 1 is 0.250 bits per heavy atom. The molecule has 1 rings (SSSR count). The van der Waals surface area contributed by atoms with E-state index >= 15 is 0 Å². The summed E-state index contributed by atoms with van der Waals surface area (Å²) in [6.45, 7) is 0. The Labute approximate surface area is 145 Å². The van der Waals surface area contributed by atoms with Crippen LogP contribution in [0.3, 0.4) is 0 Å². The van der Waals surface area contributed by atoms with Crippen molar-refractivity contribution in [3.63, 3.8) is 0 Å². The van der Waals surface area contributed by atoms with Crippen molar-refractivity contribution in [2.45, 2.75) is 114 Å². The monoisotopic (exact) mass is 348 g/mol. The molecule has 1 saturated carbocycles. The number of hydrogen-bond acceptors (Lipinski definition) is 6. The summed E-state index contributed by atoms with van der Waals surface area (Å²) in [7, 11) is 0. The third-order valence-corrected chi connectivity index (χ3v) is 5.00. The summed E-state index contributed by atoms with van der Waals surface area (Å²) in [5.41, 5.74) is 0. The van der Waals surface area contributed by atoms with Gasteiger partial charge in [-0.05, 0) is 77.0 Å². The van der Waals surface area contributed by atoms with Gasteiger partial charge in [0.05, 0.1) is 36.6 Å². The van der Waals surface area contributed by atoms with E-state index in [4.69, 9.17) is 0 Å². The molecule has 0 aromatic rings. The van der Waals surface area contributed by atoms with Crippen molar-refractivity contribution in [1.29, 1.82) is 0 Å². The largest absolute Gasteiger partial charge is 0.393 e. The van der Waals surface area contributed by atoms with Gasteiger partial charge in [-0.2, -0.15) is 0 Å². The van der Waals surface area contributed by atoms with E-state index in [0.717, 1.165) is 0 Å². The first-order chi connectivity index (χ1) is 11.4. The minimum Gasteiger partial charge on any atom is -0.393 e. The fourth-order valence-electron chi connectivity index (χ4n) is 3.17. The second-order valence-electron chi connectivity index (χ2n) is 7.39. The number of rotatable bonds is 0. The van der Waals surface area contributed by atoms with Gasteiger partial charge in [-0.15, -0.1) is 0 Å². The van der Waals surface area contributed by atoms with Gasteiger partial charge in [-0.3, -0.25) is 0 Å². The molecule has 0 unspecified atom stereocenters. The molecule has 0 aromatic carbocycles. The van der Waals surface area contributed by atoms with E-state index in [1.54, 1.807) is 0 Å². The lowest BCUT2D eigenvalue weighted by atomic mass is 9.95. The molecule has 6 nitrogen and oxygen atoms in total. The van der Waals surface area contributed by atoms with Crippen LogP contribution in [0.5, 0.6) is 0 Å². The van der Waals surface area contributed by atoms with Crippen LogP contribution in [0.25, 0.3) is 0 Å². The van der Waals surface area contributed by atoms with Crippen LogP contribution in [0.4, 0.5) is 0 Å². The van der Waals surface area contributed by atoms with Gasteiger partial charge in [-0.25, -0.2) is 0 Å². The normalized spacial score (nSPS) is 39.8. The van der Waals surface area contributed by atoms with E-state index in [0.29, 0.717) is 77.0 Å². The highest BCUT2D eigenvalue weighted by atomic mass is 16.3. The van der Waals surface area contributed by atoms with Crippen LogP contribution in [-0.4, -0.2) is 67.3 Å². The van der Waals surface area contributed by atoms with Gasteiger partial charge in [-0.1, -0.05) is 0 Å². The molecule has 144 valence electrons. The Morgan fingerprint density at radius 2 is 0.333 bits per heavy atom. The molecule has 6 N–H and O–H groups in total. The zero-order chi connectivity index (χ0) is 17.9. The van der Waals surface area contributed by atoms with Crippen LogP contribution >= 0.6 is 0 Å². The van der Waals surface area contributed by atoms with Crippen LogP contribution in [0.15, 0.2) is 0 Å². The summed E-state index contributed by atoms with van der Waals surface area (Å²) in [4.78, 5) is 0. The molecule has 0 bridgehead atoms. The zero-order valence-electron chi connectivity index (χ0n) is 14.6. The standard InChI is InChI=1S/C18H36O6/c19-13-1-2-14(20)5-6-16(22)9-10-18(24)12-11-17(23)8-7-15(21)4-3-13/h13-24H,1-12H2. The summed E-state index contributed by atoms with van der Waals surface area (Å²) in [5.74, 6) is 0. The lowest BCUT2D eigenvalue weighted by molar-refractivity contribution is 0.0541. The fourth-order valence-corrected chi connectivity index (χ4v) is 3.17. The molecule has 0 spiro atoms. The number of hydrogen-bond donors (Lipinski definition) is 6. The number of aliphatic hydroxyl groups is 6. The van der Waals surface area contributed by atoms with Crippen LogP contribution in [0, 0.1) is 0 Å². The van der Waals surface area contributed by atoms with Crippen LogP contribution < -0.4 is 0 Å². The van der Waals surface area contributed by atoms with E-state index in [9.17, 15) is 30.6 Å². The quantitative estimate of drug-likeness (QED) is 0.386. The van der Waals surface area contributed by atoms with Crippen molar-refractivity contribution < 1.29 is 30.6 Å². The fraction of sp³-hybridized carbons (Fsp3) is 1.00. The minimum atomic E-state index is -0.543. The molecule has 24 heavy (non-hydrogen) atoms. The lowest BCUT2D eigenvalue weighted by Crippen LogP contribution is -2.21. The molecule has 1 fully saturated rings. The smallest absolute Gasteiger partial charge is 0.0542 e. The first-order valence-corrected chi connectivity index (χ1v) is 9.45. The van der Waals surface area contributed by atoms with Gasteiger partial charge >= 0.3 is 0 Å². The minimum absolute atomic E-state index is 0.478. The molecule has 0 amide bonds. The summed E-state index contributed by atoms with van der Waals surface area (Å²) in [6.07, 6.45) is 2.47. The summed E-state index contributed by atoms with van der Waals surface area (Å²) < 4.78 is 0. The van der Waals surface area contributed by atoms with Crippen molar-refractivity contribution in [3.8, 4) is 0 Å². The lowest BCUT2D eigenvalue weighted by Gasteiger charge is -2.20. The van der Waals surface area contributed by atoms with E-state index in [1.165, 1.54) is 0 Å². The molecule has 0 aromatic heterocycles. The van der Waals surface area contributed by atoms with Crippen LogP contribution in [0.1, 0.15) is 77.0 Å². The first-order valence-electron chi connectivity index (χ1n) is 9.45. The zero-order valence-corrected chi connectivity index (χ0v) is 14.6. The van der Waals surface area contributed by atoms with Crippen LogP contribution in [-0.2, 0) is 0 Å². The van der Waals surface area contributed by atoms with Crippen molar-refractivity contribution in [2.24, 2.45) is 0 Å². The summed E-state index contributed by atoms with van der Waals surface area (Å²) in [5, 5.41) is 59.5. The third-order valence-electron chi connectivity index (χ3n) is 5.00. The second kappa shape index (κ2) is 12.2. The molecule has 0 aliphatic heterocycles. The average Bonchev–Trinajstić information content (AvgIpc) is 2.56. The highest BCUT2D eigenvalue weighted by molar-refractivity contribution is 4.70. The SMILES string of the molecule is OC1CCC(O)CCC(O)CCC(O)CCC(O)CCC(O)CC1. The van der Waals surface area contributed by atoms with Crippen molar-refractivity contribution in [2.75, 3.05) is 0 Å². The number of aliphatic hydroxyl groups excluding tert-OH is 6. The van der Waals surface area contributed by atoms with Crippen molar-refractivity contribution >= 4 is 0 Å². The van der Waals surface area contributed by atoms with Gasteiger partial charge in [0.1, 0.15) is 0 Å². The van der Waals surface area contributed by atoms with E-state index in [-0.39, 0.29) is 0 Å². The Morgan fingerprint density at radius 3 is 0.417 bits per heavy atom. The summed E-state index contributed by atoms with van der Waals surface area (Å²) in [6, 6.07) is 0. The Hall–Kier alpha value is -0.240. The van der Waals surface area contributed by atoms with E-state index in [1.807, 2.05) is 0 Å². The predicted molar refractivity (Wildman–Crippen MR) is 91.4 cm³/mol. The second-order valence-corrected chi connectivity index (χ2v) is 7.39. The van der Waals surface area contributed by atoms with Crippen LogP contribution in [0.2, 0.25) is 0 Å². The van der Waals surface area contributed by atoms with E-state index < -0.39 is 36.6 Å². The first kappa shape index (κ1) is 21.8. The highest BCUT2D eigenvalue weighted by Gasteiger charge is 2.17. The molecular weight excluding hydrogens is 312 g/mol. The maximum atomic E-state index is 9.92. The molecule has 1 aliphatic carbocycles. The van der Waals surface area contributed by atoms with Gasteiger partial charge in [0.25, 0.3) is 0 Å². The van der Waals surface area contributed by atoms with Gasteiger partial charge in [0, 0.05) is 0 Å².